The van der Waals surface area contributed by atoms with Crippen molar-refractivity contribution in [1.29, 1.82) is 0 Å². The maximum Gasteiger partial charge on any atom is 0.202 e. The molecule has 0 saturated carbocycles. The number of ketones is 1. The number of ether oxygens (including phenoxy) is 2. The number of Topliss-reactive ketones (excluding diaryl/α,β-unsaturated/α-hetero) is 1. The van der Waals surface area contributed by atoms with Crippen LogP contribution >= 0.6 is 0 Å². The smallest absolute Gasteiger partial charge is 0.202 e. The van der Waals surface area contributed by atoms with Gasteiger partial charge in [0.2, 0.25) is 8.32 Å². The fraction of sp³-hybridized carbons (Fsp3) is 0.682. The molecule has 0 saturated heterocycles. The molecule has 1 rings (SSSR count). The molecule has 0 amide bonds. The molecule has 0 fully saturated rings. The monoisotopic (exact) mass is 394 g/mol. The highest BCUT2D eigenvalue weighted by atomic mass is 28.4. The van der Waals surface area contributed by atoms with Crippen LogP contribution in [0, 0.1) is 6.92 Å². The summed E-state index contributed by atoms with van der Waals surface area (Å²) < 4.78 is 17.9. The second-order valence-corrected chi connectivity index (χ2v) is 13.9. The van der Waals surface area contributed by atoms with E-state index >= 15 is 0 Å². The van der Waals surface area contributed by atoms with Crippen molar-refractivity contribution in [1.82, 2.24) is 0 Å². The van der Waals surface area contributed by atoms with Crippen molar-refractivity contribution in [2.24, 2.45) is 0 Å². The summed E-state index contributed by atoms with van der Waals surface area (Å²) in [5.41, 5.74) is 1.93. The Kier molecular flexibility index (Phi) is 8.26. The summed E-state index contributed by atoms with van der Waals surface area (Å²) in [5.74, 6) is 0.640. The van der Waals surface area contributed by atoms with Gasteiger partial charge < -0.3 is 13.9 Å². The first kappa shape index (κ1) is 23.9. The Hall–Kier alpha value is -1.17. The molecule has 0 aliphatic heterocycles. The van der Waals surface area contributed by atoms with Gasteiger partial charge in [-0.25, -0.2) is 0 Å². The molecule has 154 valence electrons. The zero-order valence-corrected chi connectivity index (χ0v) is 19.8. The molecule has 0 spiro atoms. The first-order valence-corrected chi connectivity index (χ1v) is 12.0. The van der Waals surface area contributed by atoms with Crippen LogP contribution in [0.3, 0.4) is 0 Å². The summed E-state index contributed by atoms with van der Waals surface area (Å²) in [4.78, 5) is 12.9. The highest BCUT2D eigenvalue weighted by Crippen LogP contribution is 2.48. The second-order valence-electron chi connectivity index (χ2n) is 8.56. The number of benzene rings is 1. The fourth-order valence-electron chi connectivity index (χ4n) is 4.29. The van der Waals surface area contributed by atoms with E-state index in [2.05, 4.69) is 41.5 Å². The number of rotatable bonds is 10. The van der Waals surface area contributed by atoms with Crippen LogP contribution in [-0.4, -0.2) is 28.0 Å². The predicted octanol–water partition coefficient (Wildman–Crippen LogP) is 5.97. The molecule has 1 aromatic carbocycles. The van der Waals surface area contributed by atoms with Crippen LogP contribution in [-0.2, 0) is 19.6 Å². The Morgan fingerprint density at radius 1 is 1.07 bits per heavy atom. The average molecular weight is 395 g/mol. The van der Waals surface area contributed by atoms with Crippen molar-refractivity contribution in [3.8, 4) is 5.75 Å². The van der Waals surface area contributed by atoms with Crippen LogP contribution in [0.4, 0.5) is 0 Å². The molecule has 0 unspecified atom stereocenters. The lowest BCUT2D eigenvalue weighted by atomic mass is 9.91. The van der Waals surface area contributed by atoms with E-state index in [1.54, 1.807) is 14.0 Å². The average Bonchev–Trinajstić information content (AvgIpc) is 2.56. The van der Waals surface area contributed by atoms with Crippen molar-refractivity contribution >= 4 is 14.1 Å². The standard InChI is InChI=1S/C22H38O4Si/c1-15(2)27(16(3)4,17(5)6)26-22(9,19(8)23)20-12-11-18(7)13-21(20)25-14-24-10/h11-13,15-17H,14H2,1-10H3/t22-/m1/s1. The summed E-state index contributed by atoms with van der Waals surface area (Å²) >= 11 is 0. The van der Waals surface area contributed by atoms with Gasteiger partial charge in [0.25, 0.3) is 0 Å². The minimum absolute atomic E-state index is 0.00700. The van der Waals surface area contributed by atoms with Crippen molar-refractivity contribution in [2.45, 2.75) is 84.5 Å². The minimum Gasteiger partial charge on any atom is -0.467 e. The van der Waals surface area contributed by atoms with E-state index in [1.807, 2.05) is 32.0 Å². The summed E-state index contributed by atoms with van der Waals surface area (Å²) in [5, 5.41) is 0. The van der Waals surface area contributed by atoms with Gasteiger partial charge in [0.05, 0.1) is 0 Å². The molecule has 0 bridgehead atoms. The fourth-order valence-corrected chi connectivity index (χ4v) is 9.96. The lowest BCUT2D eigenvalue weighted by Gasteiger charge is -2.48. The Morgan fingerprint density at radius 3 is 2.00 bits per heavy atom. The van der Waals surface area contributed by atoms with Gasteiger partial charge in [0, 0.05) is 12.7 Å². The maximum atomic E-state index is 12.9. The molecule has 0 aromatic heterocycles. The van der Waals surface area contributed by atoms with Crippen molar-refractivity contribution < 1.29 is 18.7 Å². The molecular weight excluding hydrogens is 356 g/mol. The first-order valence-electron chi connectivity index (χ1n) is 9.87. The van der Waals surface area contributed by atoms with Crippen LogP contribution in [0.1, 0.15) is 66.5 Å². The van der Waals surface area contributed by atoms with Gasteiger partial charge in [-0.05, 0) is 49.0 Å². The number of carbonyl (C=O) groups is 1. The van der Waals surface area contributed by atoms with Crippen LogP contribution in [0.5, 0.6) is 5.75 Å². The van der Waals surface area contributed by atoms with Crippen molar-refractivity contribution in [2.75, 3.05) is 13.9 Å². The predicted molar refractivity (Wildman–Crippen MR) is 114 cm³/mol. The highest BCUT2D eigenvalue weighted by molar-refractivity contribution is 6.77. The molecule has 0 N–H and O–H groups in total. The lowest BCUT2D eigenvalue weighted by molar-refractivity contribution is -0.133. The van der Waals surface area contributed by atoms with Gasteiger partial charge in [-0.15, -0.1) is 0 Å². The number of hydrogen-bond acceptors (Lipinski definition) is 4. The Labute approximate surface area is 166 Å². The largest absolute Gasteiger partial charge is 0.467 e. The Bertz CT molecular complexity index is 617. The van der Waals surface area contributed by atoms with Gasteiger partial charge in [-0.2, -0.15) is 0 Å². The van der Waals surface area contributed by atoms with Gasteiger partial charge in [0.1, 0.15) is 11.4 Å². The van der Waals surface area contributed by atoms with Crippen LogP contribution in [0.15, 0.2) is 18.2 Å². The minimum atomic E-state index is -2.28. The zero-order valence-electron chi connectivity index (χ0n) is 18.8. The molecular formula is C22H38O4Si. The number of methoxy groups -OCH3 is 1. The molecule has 1 atom stereocenters. The molecule has 5 heteroatoms. The lowest BCUT2D eigenvalue weighted by Crippen LogP contribution is -2.54. The molecule has 0 aliphatic carbocycles. The number of hydrogen-bond donors (Lipinski definition) is 0. The van der Waals surface area contributed by atoms with Crippen molar-refractivity contribution in [3.63, 3.8) is 0 Å². The van der Waals surface area contributed by atoms with Gasteiger partial charge in [0.15, 0.2) is 12.6 Å². The van der Waals surface area contributed by atoms with Crippen molar-refractivity contribution in [3.05, 3.63) is 29.3 Å². The van der Waals surface area contributed by atoms with Crippen LogP contribution < -0.4 is 4.74 Å². The quantitative estimate of drug-likeness (QED) is 0.362. The van der Waals surface area contributed by atoms with E-state index in [9.17, 15) is 4.79 Å². The van der Waals surface area contributed by atoms with E-state index in [4.69, 9.17) is 13.9 Å². The normalized spacial score (nSPS) is 14.7. The molecule has 27 heavy (non-hydrogen) atoms. The molecule has 0 radical (unpaired) electrons. The number of carbonyl (C=O) groups excluding carboxylic acids is 1. The van der Waals surface area contributed by atoms with Crippen LogP contribution in [0.2, 0.25) is 16.6 Å². The van der Waals surface area contributed by atoms with E-state index in [0.29, 0.717) is 22.4 Å². The molecule has 1 aromatic rings. The maximum absolute atomic E-state index is 12.9. The summed E-state index contributed by atoms with van der Waals surface area (Å²) in [6.07, 6.45) is 0. The highest BCUT2D eigenvalue weighted by Gasteiger charge is 2.52. The van der Waals surface area contributed by atoms with Gasteiger partial charge in [-0.1, -0.05) is 53.7 Å². The summed E-state index contributed by atoms with van der Waals surface area (Å²) in [7, 11) is -0.696. The summed E-state index contributed by atoms with van der Waals surface area (Å²) in [6, 6.07) is 5.91. The Morgan fingerprint density at radius 2 is 1.59 bits per heavy atom. The van der Waals surface area contributed by atoms with Gasteiger partial charge in [-0.3, -0.25) is 4.79 Å². The van der Waals surface area contributed by atoms with E-state index < -0.39 is 13.9 Å². The van der Waals surface area contributed by atoms with Crippen LogP contribution in [0.25, 0.3) is 0 Å². The van der Waals surface area contributed by atoms with E-state index in [-0.39, 0.29) is 12.6 Å². The molecule has 4 nitrogen and oxygen atoms in total. The second kappa shape index (κ2) is 9.35. The van der Waals surface area contributed by atoms with E-state index in [1.165, 1.54) is 0 Å². The zero-order chi connectivity index (χ0) is 21.0. The SMILES string of the molecule is COCOc1cc(C)ccc1[C@](C)(O[Si](C(C)C)(C(C)C)C(C)C)C(C)=O. The number of aryl methyl sites for hydroxylation is 1. The molecule has 0 heterocycles. The molecule has 0 aliphatic rings. The first-order chi connectivity index (χ1) is 12.4. The summed E-state index contributed by atoms with van der Waals surface area (Å²) in [6.45, 7) is 19.0. The third kappa shape index (κ3) is 4.82. The Balaban J connectivity index is 3.60. The van der Waals surface area contributed by atoms with Gasteiger partial charge >= 0.3 is 0 Å². The third-order valence-electron chi connectivity index (χ3n) is 5.74. The van der Waals surface area contributed by atoms with E-state index in [0.717, 1.165) is 11.1 Å². The topological polar surface area (TPSA) is 44.8 Å². The third-order valence-corrected chi connectivity index (χ3v) is 11.9.